The van der Waals surface area contributed by atoms with Crippen LogP contribution >= 0.6 is 0 Å². The molecule has 2 aliphatic carbocycles. The third-order valence-electron chi connectivity index (χ3n) is 17.2. The van der Waals surface area contributed by atoms with Gasteiger partial charge in [0.25, 0.3) is 0 Å². The molecule has 4 aromatic heterocycles. The van der Waals surface area contributed by atoms with Crippen molar-refractivity contribution in [2.45, 2.75) is 38.5 Å². The number of rotatable bonds is 4. The Balaban J connectivity index is 1.00. The smallest absolute Gasteiger partial charge is 0.0969 e. The Morgan fingerprint density at radius 1 is 0.311 bits per heavy atom. The Morgan fingerprint density at radius 2 is 0.662 bits per heavy atom. The second kappa shape index (κ2) is 14.7. The van der Waals surface area contributed by atoms with E-state index in [4.69, 9.17) is 9.97 Å². The van der Waals surface area contributed by atoms with E-state index < -0.39 is 0 Å². The van der Waals surface area contributed by atoms with Crippen LogP contribution in [0.1, 0.15) is 49.9 Å². The lowest BCUT2D eigenvalue weighted by molar-refractivity contribution is 0.660. The van der Waals surface area contributed by atoms with Crippen LogP contribution in [0.25, 0.3) is 132 Å². The molecule has 14 aromatic rings. The highest BCUT2D eigenvalue weighted by Crippen LogP contribution is 2.55. The molecule has 0 aliphatic heterocycles. The average Bonchev–Trinajstić information content (AvgIpc) is 4.17. The molecule has 0 saturated carbocycles. The summed E-state index contributed by atoms with van der Waals surface area (Å²) >= 11 is 0. The van der Waals surface area contributed by atoms with Gasteiger partial charge in [0.05, 0.1) is 33.1 Å². The van der Waals surface area contributed by atoms with Gasteiger partial charge in [-0.25, -0.2) is 0 Å². The van der Waals surface area contributed by atoms with Gasteiger partial charge in [-0.15, -0.1) is 0 Å². The van der Waals surface area contributed by atoms with Crippen LogP contribution in [0, 0.1) is 0 Å². The van der Waals surface area contributed by atoms with Crippen LogP contribution in [-0.4, -0.2) is 19.1 Å². The number of hydrogen-bond donors (Lipinski definition) is 0. The SMILES string of the molecule is CC1(C)c2cc(-c3ccccc3)ccc2-c2ccc(-n3c4cccnc4c4c5ccccc5c5c(c6ccccc6c6c7ncccc7n(-c7ccc8c(c7)C(C)(C)c7cc(-c9ccccc9)ccc7-8)c65)c43)cc21. The number of pyridine rings is 2. The van der Waals surface area contributed by atoms with Crippen molar-refractivity contribution in [1.29, 1.82) is 0 Å². The van der Waals surface area contributed by atoms with Crippen molar-refractivity contribution < 1.29 is 0 Å². The molecule has 0 amide bonds. The summed E-state index contributed by atoms with van der Waals surface area (Å²) in [4.78, 5) is 10.6. The van der Waals surface area contributed by atoms with Crippen molar-refractivity contribution in [2.75, 3.05) is 0 Å². The monoisotopic (exact) mass is 944 g/mol. The summed E-state index contributed by atoms with van der Waals surface area (Å²) in [5.74, 6) is 0. The molecule has 0 fully saturated rings. The summed E-state index contributed by atoms with van der Waals surface area (Å²) in [6.07, 6.45) is 3.91. The Labute approximate surface area is 428 Å². The third kappa shape index (κ3) is 5.41. The fourth-order valence-electron chi connectivity index (χ4n) is 13.7. The molecule has 16 rings (SSSR count). The number of benzene rings is 10. The second-order valence-electron chi connectivity index (χ2n) is 21.7. The zero-order valence-corrected chi connectivity index (χ0v) is 41.6. The first-order chi connectivity index (χ1) is 36.3. The van der Waals surface area contributed by atoms with Gasteiger partial charge in [-0.3, -0.25) is 9.97 Å². The molecule has 0 bridgehead atoms. The van der Waals surface area contributed by atoms with Gasteiger partial charge in [0, 0.05) is 56.1 Å². The van der Waals surface area contributed by atoms with Gasteiger partial charge in [-0.2, -0.15) is 0 Å². The molecule has 4 heterocycles. The van der Waals surface area contributed by atoms with E-state index in [0.717, 1.165) is 55.2 Å². The number of fused-ring (bicyclic) bond motifs is 21. The van der Waals surface area contributed by atoms with Crippen LogP contribution in [0.4, 0.5) is 0 Å². The zero-order valence-electron chi connectivity index (χ0n) is 41.6. The normalized spacial score (nSPS) is 14.2. The van der Waals surface area contributed by atoms with Crippen molar-refractivity contribution in [2.24, 2.45) is 0 Å². The maximum absolute atomic E-state index is 5.28. The first-order valence-corrected chi connectivity index (χ1v) is 25.9. The molecular weight excluding hydrogens is 897 g/mol. The maximum atomic E-state index is 5.28. The minimum absolute atomic E-state index is 0.236. The molecular formula is C70H48N4. The Bertz CT molecular complexity index is 4460. The highest BCUT2D eigenvalue weighted by molar-refractivity contribution is 6.43. The summed E-state index contributed by atoms with van der Waals surface area (Å²) in [7, 11) is 0. The van der Waals surface area contributed by atoms with Crippen LogP contribution in [0.3, 0.4) is 0 Å². The minimum atomic E-state index is -0.236. The summed E-state index contributed by atoms with van der Waals surface area (Å²) < 4.78 is 5.06. The summed E-state index contributed by atoms with van der Waals surface area (Å²) in [6, 6.07) is 76.8. The van der Waals surface area contributed by atoms with Crippen molar-refractivity contribution in [3.63, 3.8) is 0 Å². The largest absolute Gasteiger partial charge is 0.307 e. The van der Waals surface area contributed by atoms with Gasteiger partial charge >= 0.3 is 0 Å². The van der Waals surface area contributed by atoms with Gasteiger partial charge in [0.2, 0.25) is 0 Å². The van der Waals surface area contributed by atoms with E-state index in [1.165, 1.54) is 99.1 Å². The summed E-state index contributed by atoms with van der Waals surface area (Å²) in [6.45, 7) is 9.57. The van der Waals surface area contributed by atoms with Crippen LogP contribution in [0.15, 0.2) is 219 Å². The number of hydrogen-bond acceptors (Lipinski definition) is 2. The van der Waals surface area contributed by atoms with Gasteiger partial charge in [-0.05, 0) is 149 Å². The lowest BCUT2D eigenvalue weighted by atomic mass is 9.81. The molecule has 0 saturated heterocycles. The Kier molecular flexibility index (Phi) is 8.27. The second-order valence-corrected chi connectivity index (χ2v) is 21.7. The van der Waals surface area contributed by atoms with Crippen LogP contribution in [0.2, 0.25) is 0 Å². The molecule has 2 aliphatic rings. The summed E-state index contributed by atoms with van der Waals surface area (Å²) in [5, 5.41) is 9.50. The van der Waals surface area contributed by atoms with Gasteiger partial charge in [0.15, 0.2) is 0 Å². The van der Waals surface area contributed by atoms with E-state index in [1.54, 1.807) is 0 Å². The molecule has 0 spiro atoms. The fourth-order valence-corrected chi connectivity index (χ4v) is 13.7. The lowest BCUT2D eigenvalue weighted by Crippen LogP contribution is -2.15. The van der Waals surface area contributed by atoms with Crippen LogP contribution in [0.5, 0.6) is 0 Å². The Hall–Kier alpha value is -9.12. The fraction of sp³-hybridized carbons (Fsp3) is 0.0857. The molecule has 74 heavy (non-hydrogen) atoms. The van der Waals surface area contributed by atoms with Crippen molar-refractivity contribution in [3.05, 3.63) is 241 Å². The van der Waals surface area contributed by atoms with Gasteiger partial charge in [-0.1, -0.05) is 173 Å². The average molecular weight is 945 g/mol. The van der Waals surface area contributed by atoms with E-state index >= 15 is 0 Å². The van der Waals surface area contributed by atoms with Crippen molar-refractivity contribution in [1.82, 2.24) is 19.1 Å². The van der Waals surface area contributed by atoms with Gasteiger partial charge in [0.1, 0.15) is 0 Å². The predicted octanol–water partition coefficient (Wildman–Crippen LogP) is 18.1. The van der Waals surface area contributed by atoms with Crippen LogP contribution in [-0.2, 0) is 10.8 Å². The van der Waals surface area contributed by atoms with E-state index in [9.17, 15) is 0 Å². The zero-order chi connectivity index (χ0) is 49.2. The van der Waals surface area contributed by atoms with E-state index in [1.807, 2.05) is 12.4 Å². The highest BCUT2D eigenvalue weighted by Gasteiger charge is 2.38. The number of nitrogens with zero attached hydrogens (tertiary/aromatic N) is 4. The van der Waals surface area contributed by atoms with Crippen molar-refractivity contribution >= 4 is 76.2 Å². The first-order valence-electron chi connectivity index (χ1n) is 25.9. The third-order valence-corrected chi connectivity index (χ3v) is 17.2. The summed E-state index contributed by atoms with van der Waals surface area (Å²) in [5.41, 5.74) is 23.8. The molecule has 348 valence electrons. The quantitative estimate of drug-likeness (QED) is 0.165. The molecule has 0 unspecified atom stereocenters. The number of aromatic nitrogens is 4. The first kappa shape index (κ1) is 41.5. The highest BCUT2D eigenvalue weighted by atomic mass is 15.0. The van der Waals surface area contributed by atoms with E-state index in [2.05, 4.69) is 243 Å². The topological polar surface area (TPSA) is 35.6 Å². The molecule has 4 nitrogen and oxygen atoms in total. The Morgan fingerprint density at radius 3 is 1.07 bits per heavy atom. The minimum Gasteiger partial charge on any atom is -0.307 e. The molecule has 0 radical (unpaired) electrons. The maximum Gasteiger partial charge on any atom is 0.0969 e. The van der Waals surface area contributed by atoms with Crippen molar-refractivity contribution in [3.8, 4) is 55.9 Å². The van der Waals surface area contributed by atoms with Gasteiger partial charge < -0.3 is 9.13 Å². The van der Waals surface area contributed by atoms with E-state index in [0.29, 0.717) is 0 Å². The molecule has 10 aromatic carbocycles. The van der Waals surface area contributed by atoms with E-state index in [-0.39, 0.29) is 10.8 Å². The molecule has 4 heteroatoms. The van der Waals surface area contributed by atoms with Crippen LogP contribution < -0.4 is 0 Å². The lowest BCUT2D eigenvalue weighted by Gasteiger charge is -2.23. The molecule has 0 N–H and O–H groups in total. The molecule has 0 atom stereocenters. The standard InChI is InChI=1S/C70H48N4/c1-69(2)55-37-43(41-17-7-5-8-18-41)27-31-47(55)49-33-29-45(39-57(49)69)73-59-25-15-35-71-65(59)63-53-23-13-12-22-52(53)62-61(67(63)73)51-21-11-14-24-54(51)64-66-60(26-16-36-72-66)74(68(62)64)46-30-34-50-48-32-28-44(42-19-9-6-10-20-42)38-56(48)70(3,4)58(50)40-46/h5-40H,1-4H3. The predicted molar refractivity (Wildman–Crippen MR) is 309 cm³/mol.